The summed E-state index contributed by atoms with van der Waals surface area (Å²) in [5.41, 5.74) is 7.97. The molecule has 0 bridgehead atoms. The minimum atomic E-state index is 0.463. The lowest BCUT2D eigenvalue weighted by molar-refractivity contribution is 0.459. The lowest BCUT2D eigenvalue weighted by Gasteiger charge is -2.12. The van der Waals surface area contributed by atoms with E-state index in [0.717, 1.165) is 11.3 Å². The van der Waals surface area contributed by atoms with Gasteiger partial charge in [0.15, 0.2) is 0 Å². The Balaban J connectivity index is 2.30. The number of benzene rings is 1. The number of ether oxygens (including phenoxy) is 1. The summed E-state index contributed by atoms with van der Waals surface area (Å²) in [7, 11) is 0. The number of anilines is 1. The van der Waals surface area contributed by atoms with Crippen molar-refractivity contribution in [3.05, 3.63) is 47.5 Å². The second-order valence-electron chi connectivity index (χ2n) is 4.68. The van der Waals surface area contributed by atoms with Crippen LogP contribution in [-0.2, 0) is 0 Å². The van der Waals surface area contributed by atoms with Crippen molar-refractivity contribution in [3.63, 3.8) is 0 Å². The minimum Gasteiger partial charge on any atom is -0.439 e. The lowest BCUT2D eigenvalue weighted by atomic mass is 10.0. The molecule has 0 aliphatic carbocycles. The van der Waals surface area contributed by atoms with Crippen LogP contribution in [0, 0.1) is 6.92 Å². The molecule has 2 rings (SSSR count). The summed E-state index contributed by atoms with van der Waals surface area (Å²) >= 11 is 0. The molecule has 2 N–H and O–H groups in total. The number of nitrogens with zero attached hydrogens (tertiary/aromatic N) is 1. The van der Waals surface area contributed by atoms with Crippen molar-refractivity contribution in [1.29, 1.82) is 0 Å². The SMILES string of the molecule is Cc1ccc(C(C)C)cc1Oc1cccc(N)n1. The Morgan fingerprint density at radius 3 is 2.61 bits per heavy atom. The normalized spacial score (nSPS) is 10.7. The van der Waals surface area contributed by atoms with E-state index in [1.807, 2.05) is 13.0 Å². The molecule has 0 aliphatic heterocycles. The lowest BCUT2D eigenvalue weighted by Crippen LogP contribution is -1.95. The molecule has 0 saturated carbocycles. The van der Waals surface area contributed by atoms with E-state index in [2.05, 4.69) is 37.0 Å². The van der Waals surface area contributed by atoms with Crippen LogP contribution in [0.5, 0.6) is 11.6 Å². The highest BCUT2D eigenvalue weighted by molar-refractivity contribution is 5.41. The van der Waals surface area contributed by atoms with Gasteiger partial charge in [0.1, 0.15) is 11.6 Å². The topological polar surface area (TPSA) is 48.1 Å². The molecule has 3 nitrogen and oxygen atoms in total. The third-order valence-corrected chi connectivity index (χ3v) is 2.84. The van der Waals surface area contributed by atoms with Gasteiger partial charge in [0.05, 0.1) is 0 Å². The van der Waals surface area contributed by atoms with Gasteiger partial charge in [0.2, 0.25) is 5.88 Å². The van der Waals surface area contributed by atoms with E-state index < -0.39 is 0 Å². The highest BCUT2D eigenvalue weighted by Crippen LogP contribution is 2.28. The van der Waals surface area contributed by atoms with Crippen molar-refractivity contribution < 1.29 is 4.74 Å². The van der Waals surface area contributed by atoms with Crippen LogP contribution in [0.4, 0.5) is 5.82 Å². The van der Waals surface area contributed by atoms with Gasteiger partial charge in [-0.1, -0.05) is 32.0 Å². The van der Waals surface area contributed by atoms with Crippen LogP contribution in [0.25, 0.3) is 0 Å². The van der Waals surface area contributed by atoms with Crippen molar-refractivity contribution in [3.8, 4) is 11.6 Å². The van der Waals surface area contributed by atoms with Gasteiger partial charge >= 0.3 is 0 Å². The van der Waals surface area contributed by atoms with E-state index in [-0.39, 0.29) is 0 Å². The Morgan fingerprint density at radius 1 is 1.17 bits per heavy atom. The van der Waals surface area contributed by atoms with Crippen molar-refractivity contribution in [2.75, 3.05) is 5.73 Å². The van der Waals surface area contributed by atoms with Gasteiger partial charge in [-0.05, 0) is 36.1 Å². The van der Waals surface area contributed by atoms with Crippen LogP contribution < -0.4 is 10.5 Å². The fourth-order valence-corrected chi connectivity index (χ4v) is 1.69. The third-order valence-electron chi connectivity index (χ3n) is 2.84. The first-order valence-electron chi connectivity index (χ1n) is 6.07. The Bertz CT molecular complexity index is 550. The molecule has 1 aromatic heterocycles. The molecular formula is C15H18N2O. The molecule has 0 amide bonds. The zero-order valence-electron chi connectivity index (χ0n) is 11.0. The van der Waals surface area contributed by atoms with Gasteiger partial charge in [-0.25, -0.2) is 0 Å². The zero-order valence-corrected chi connectivity index (χ0v) is 11.0. The van der Waals surface area contributed by atoms with Gasteiger partial charge in [-0.15, -0.1) is 0 Å². The fourth-order valence-electron chi connectivity index (χ4n) is 1.69. The molecule has 0 atom stereocenters. The molecule has 0 aliphatic rings. The molecule has 18 heavy (non-hydrogen) atoms. The van der Waals surface area contributed by atoms with Crippen LogP contribution in [-0.4, -0.2) is 4.98 Å². The zero-order chi connectivity index (χ0) is 13.1. The molecule has 0 unspecified atom stereocenters. The number of pyridine rings is 1. The average molecular weight is 242 g/mol. The van der Waals surface area contributed by atoms with Crippen LogP contribution in [0.15, 0.2) is 36.4 Å². The molecule has 0 spiro atoms. The van der Waals surface area contributed by atoms with Crippen molar-refractivity contribution in [2.45, 2.75) is 26.7 Å². The number of aromatic nitrogens is 1. The van der Waals surface area contributed by atoms with Crippen LogP contribution >= 0.6 is 0 Å². The summed E-state index contributed by atoms with van der Waals surface area (Å²) in [5, 5.41) is 0. The first kappa shape index (κ1) is 12.4. The summed E-state index contributed by atoms with van der Waals surface area (Å²) in [5.74, 6) is 2.30. The van der Waals surface area contributed by atoms with Gasteiger partial charge < -0.3 is 10.5 Å². The number of hydrogen-bond donors (Lipinski definition) is 1. The predicted octanol–water partition coefficient (Wildman–Crippen LogP) is 3.89. The van der Waals surface area contributed by atoms with Crippen molar-refractivity contribution in [1.82, 2.24) is 4.98 Å². The number of hydrogen-bond acceptors (Lipinski definition) is 3. The monoisotopic (exact) mass is 242 g/mol. The Hall–Kier alpha value is -2.03. The summed E-state index contributed by atoms with van der Waals surface area (Å²) < 4.78 is 5.79. The second kappa shape index (κ2) is 5.08. The molecule has 1 aromatic carbocycles. The van der Waals surface area contributed by atoms with E-state index in [9.17, 15) is 0 Å². The van der Waals surface area contributed by atoms with Crippen LogP contribution in [0.1, 0.15) is 30.9 Å². The van der Waals surface area contributed by atoms with E-state index in [4.69, 9.17) is 10.5 Å². The maximum absolute atomic E-state index is 5.79. The summed E-state index contributed by atoms with van der Waals surface area (Å²) in [6.45, 7) is 6.34. The second-order valence-corrected chi connectivity index (χ2v) is 4.68. The molecule has 0 fully saturated rings. The van der Waals surface area contributed by atoms with E-state index in [1.165, 1.54) is 5.56 Å². The highest BCUT2D eigenvalue weighted by Gasteiger charge is 2.06. The number of rotatable bonds is 3. The molecule has 2 aromatic rings. The first-order valence-corrected chi connectivity index (χ1v) is 6.07. The van der Waals surface area contributed by atoms with Crippen LogP contribution in [0.3, 0.4) is 0 Å². The Morgan fingerprint density at radius 2 is 1.94 bits per heavy atom. The number of nitrogens with two attached hydrogens (primary N) is 1. The van der Waals surface area contributed by atoms with E-state index >= 15 is 0 Å². The molecule has 1 heterocycles. The van der Waals surface area contributed by atoms with E-state index in [1.54, 1.807) is 12.1 Å². The fraction of sp³-hybridized carbons (Fsp3) is 0.267. The molecule has 94 valence electrons. The molecule has 0 saturated heterocycles. The maximum Gasteiger partial charge on any atom is 0.221 e. The number of aryl methyl sites for hydroxylation is 1. The standard InChI is InChI=1S/C15H18N2O/c1-10(2)12-8-7-11(3)13(9-12)18-15-6-4-5-14(16)17-15/h4-10H,1-3H3,(H2,16,17). The van der Waals surface area contributed by atoms with Crippen molar-refractivity contribution >= 4 is 5.82 Å². The third kappa shape index (κ3) is 2.80. The first-order chi connectivity index (χ1) is 8.56. The predicted molar refractivity (Wildman–Crippen MR) is 74.0 cm³/mol. The molecule has 3 heteroatoms. The Labute approximate surface area is 108 Å². The largest absolute Gasteiger partial charge is 0.439 e. The molecule has 0 radical (unpaired) electrons. The van der Waals surface area contributed by atoms with E-state index in [0.29, 0.717) is 17.6 Å². The van der Waals surface area contributed by atoms with Gasteiger partial charge in [0, 0.05) is 6.07 Å². The average Bonchev–Trinajstić information content (AvgIpc) is 2.31. The van der Waals surface area contributed by atoms with Gasteiger partial charge in [-0.2, -0.15) is 4.98 Å². The maximum atomic E-state index is 5.79. The van der Waals surface area contributed by atoms with Gasteiger partial charge in [0.25, 0.3) is 0 Å². The quantitative estimate of drug-likeness (QED) is 0.888. The Kier molecular flexibility index (Phi) is 3.51. The van der Waals surface area contributed by atoms with Crippen molar-refractivity contribution in [2.24, 2.45) is 0 Å². The summed E-state index contributed by atoms with van der Waals surface area (Å²) in [6.07, 6.45) is 0. The van der Waals surface area contributed by atoms with Crippen LogP contribution in [0.2, 0.25) is 0 Å². The molecular weight excluding hydrogens is 224 g/mol. The summed E-state index contributed by atoms with van der Waals surface area (Å²) in [6, 6.07) is 11.6. The van der Waals surface area contributed by atoms with Gasteiger partial charge in [-0.3, -0.25) is 0 Å². The minimum absolute atomic E-state index is 0.463. The highest BCUT2D eigenvalue weighted by atomic mass is 16.5. The smallest absolute Gasteiger partial charge is 0.221 e. The summed E-state index contributed by atoms with van der Waals surface area (Å²) in [4.78, 5) is 4.14. The number of nitrogen functional groups attached to an aromatic ring is 1.